The van der Waals surface area contributed by atoms with Gasteiger partial charge in [-0.25, -0.2) is 0 Å². The van der Waals surface area contributed by atoms with Crippen LogP contribution in [-0.4, -0.2) is 31.0 Å². The van der Waals surface area contributed by atoms with E-state index in [0.717, 1.165) is 36.2 Å². The number of hydrogen-bond acceptors (Lipinski definition) is 2. The molecule has 1 heterocycles. The van der Waals surface area contributed by atoms with E-state index in [0.29, 0.717) is 17.2 Å². The Labute approximate surface area is 143 Å². The van der Waals surface area contributed by atoms with Gasteiger partial charge < -0.3 is 9.64 Å². The predicted molar refractivity (Wildman–Crippen MR) is 96.5 cm³/mol. The smallest absolute Gasteiger partial charge is 0.257 e. The van der Waals surface area contributed by atoms with E-state index in [-0.39, 0.29) is 5.91 Å². The number of benzene rings is 2. The summed E-state index contributed by atoms with van der Waals surface area (Å²) in [6.45, 7) is 1.80. The summed E-state index contributed by atoms with van der Waals surface area (Å²) >= 11 is 0. The van der Waals surface area contributed by atoms with Gasteiger partial charge in [0, 0.05) is 13.1 Å². The van der Waals surface area contributed by atoms with E-state index in [1.54, 1.807) is 7.11 Å². The Kier molecular flexibility index (Phi) is 4.17. The molecule has 1 saturated carbocycles. The highest BCUT2D eigenvalue weighted by atomic mass is 16.5. The Morgan fingerprint density at radius 3 is 2.50 bits per heavy atom. The van der Waals surface area contributed by atoms with Gasteiger partial charge in [-0.15, -0.1) is 0 Å². The molecule has 4 rings (SSSR count). The fourth-order valence-electron chi connectivity index (χ4n) is 4.51. The summed E-state index contributed by atoms with van der Waals surface area (Å²) < 4.78 is 5.52. The summed E-state index contributed by atoms with van der Waals surface area (Å²) in [5.74, 6) is 2.34. The van der Waals surface area contributed by atoms with Crippen LogP contribution in [0.5, 0.6) is 5.75 Å². The third-order valence-electron chi connectivity index (χ3n) is 5.88. The average Bonchev–Trinajstić information content (AvgIpc) is 2.66. The van der Waals surface area contributed by atoms with Crippen molar-refractivity contribution < 1.29 is 9.53 Å². The number of ether oxygens (including phenoxy) is 1. The number of piperidine rings is 1. The van der Waals surface area contributed by atoms with Crippen LogP contribution in [0.2, 0.25) is 0 Å². The van der Waals surface area contributed by atoms with Gasteiger partial charge in [-0.1, -0.05) is 43.5 Å². The molecular formula is C21H25NO2. The molecular weight excluding hydrogens is 298 g/mol. The van der Waals surface area contributed by atoms with Crippen LogP contribution in [-0.2, 0) is 0 Å². The second-order valence-electron chi connectivity index (χ2n) is 7.24. The summed E-state index contributed by atoms with van der Waals surface area (Å²) in [6, 6.07) is 12.1. The van der Waals surface area contributed by atoms with Crippen LogP contribution in [0.25, 0.3) is 10.8 Å². The van der Waals surface area contributed by atoms with Crippen LogP contribution in [0.1, 0.15) is 42.5 Å². The highest BCUT2D eigenvalue weighted by Crippen LogP contribution is 2.37. The van der Waals surface area contributed by atoms with Crippen molar-refractivity contribution in [2.75, 3.05) is 20.2 Å². The minimum Gasteiger partial charge on any atom is -0.496 e. The normalized spacial score (nSPS) is 23.8. The predicted octanol–water partition coefficient (Wildman–Crippen LogP) is 4.50. The van der Waals surface area contributed by atoms with Crippen molar-refractivity contribution in [1.82, 2.24) is 4.90 Å². The quantitative estimate of drug-likeness (QED) is 0.814. The molecule has 2 atom stereocenters. The molecule has 1 aliphatic heterocycles. The Bertz CT molecular complexity index is 755. The third kappa shape index (κ3) is 2.77. The van der Waals surface area contributed by atoms with Gasteiger partial charge in [0.25, 0.3) is 5.91 Å². The Balaban J connectivity index is 1.62. The van der Waals surface area contributed by atoms with Gasteiger partial charge in [0.05, 0.1) is 12.7 Å². The number of nitrogens with zero attached hydrogens (tertiary/aromatic N) is 1. The Morgan fingerprint density at radius 1 is 1.04 bits per heavy atom. The van der Waals surface area contributed by atoms with Gasteiger partial charge >= 0.3 is 0 Å². The molecule has 3 heteroatoms. The summed E-state index contributed by atoms with van der Waals surface area (Å²) in [5, 5.41) is 2.20. The maximum atomic E-state index is 13.1. The fraction of sp³-hybridized carbons (Fsp3) is 0.476. The van der Waals surface area contributed by atoms with Gasteiger partial charge in [0.1, 0.15) is 5.75 Å². The first-order valence-corrected chi connectivity index (χ1v) is 9.12. The standard InChI is InChI=1S/C21H25NO2/c1-24-20-13-17-8-4-3-7-16(17)12-19(20)21(23)22-11-10-15-6-2-5-9-18(15)14-22/h3-4,7-8,12-13,15,18H,2,5-6,9-11,14H2,1H3/t15-,18+/m1/s1. The van der Waals surface area contributed by atoms with Crippen molar-refractivity contribution in [3.8, 4) is 5.75 Å². The van der Waals surface area contributed by atoms with Crippen LogP contribution in [0, 0.1) is 11.8 Å². The van der Waals surface area contributed by atoms with Crippen LogP contribution >= 0.6 is 0 Å². The van der Waals surface area contributed by atoms with Crippen molar-refractivity contribution >= 4 is 16.7 Å². The number of methoxy groups -OCH3 is 1. The van der Waals surface area contributed by atoms with Gasteiger partial charge in [-0.3, -0.25) is 4.79 Å². The highest BCUT2D eigenvalue weighted by molar-refractivity contribution is 6.01. The van der Waals surface area contributed by atoms with Crippen LogP contribution < -0.4 is 4.74 Å². The lowest BCUT2D eigenvalue weighted by Crippen LogP contribution is -2.44. The van der Waals surface area contributed by atoms with Crippen molar-refractivity contribution in [2.24, 2.45) is 11.8 Å². The third-order valence-corrected chi connectivity index (χ3v) is 5.88. The second-order valence-corrected chi connectivity index (χ2v) is 7.24. The van der Waals surface area contributed by atoms with Crippen LogP contribution in [0.3, 0.4) is 0 Å². The van der Waals surface area contributed by atoms with Crippen molar-refractivity contribution in [2.45, 2.75) is 32.1 Å². The zero-order valence-corrected chi connectivity index (χ0v) is 14.3. The molecule has 0 radical (unpaired) electrons. The van der Waals surface area contributed by atoms with Crippen molar-refractivity contribution in [3.63, 3.8) is 0 Å². The number of hydrogen-bond donors (Lipinski definition) is 0. The Morgan fingerprint density at radius 2 is 1.75 bits per heavy atom. The lowest BCUT2D eigenvalue weighted by Gasteiger charge is -2.41. The van der Waals surface area contributed by atoms with E-state index in [1.807, 2.05) is 24.3 Å². The number of rotatable bonds is 2. The molecule has 1 saturated heterocycles. The molecule has 1 amide bonds. The minimum atomic E-state index is 0.127. The lowest BCUT2D eigenvalue weighted by molar-refractivity contribution is 0.0518. The molecule has 0 unspecified atom stereocenters. The van der Waals surface area contributed by atoms with Crippen LogP contribution in [0.15, 0.2) is 36.4 Å². The van der Waals surface area contributed by atoms with Crippen LogP contribution in [0.4, 0.5) is 0 Å². The number of carbonyl (C=O) groups is 1. The summed E-state index contributed by atoms with van der Waals surface area (Å²) in [6.07, 6.45) is 6.48. The minimum absolute atomic E-state index is 0.127. The monoisotopic (exact) mass is 323 g/mol. The molecule has 2 aliphatic rings. The summed E-state index contributed by atoms with van der Waals surface area (Å²) in [5.41, 5.74) is 0.699. The molecule has 1 aliphatic carbocycles. The molecule has 0 spiro atoms. The zero-order chi connectivity index (χ0) is 16.5. The number of carbonyl (C=O) groups excluding carboxylic acids is 1. The van der Waals surface area contributed by atoms with Gasteiger partial charge in [-0.05, 0) is 47.6 Å². The maximum Gasteiger partial charge on any atom is 0.257 e. The van der Waals surface area contributed by atoms with Gasteiger partial charge in [0.15, 0.2) is 0 Å². The SMILES string of the molecule is COc1cc2ccccc2cc1C(=O)N1CC[C@H]2CCCC[C@H]2C1. The molecule has 126 valence electrons. The first kappa shape index (κ1) is 15.5. The van der Waals surface area contributed by atoms with E-state index in [2.05, 4.69) is 17.0 Å². The first-order valence-electron chi connectivity index (χ1n) is 9.12. The molecule has 0 bridgehead atoms. The molecule has 3 nitrogen and oxygen atoms in total. The second kappa shape index (κ2) is 6.46. The van der Waals surface area contributed by atoms with E-state index >= 15 is 0 Å². The van der Waals surface area contributed by atoms with Gasteiger partial charge in [-0.2, -0.15) is 0 Å². The van der Waals surface area contributed by atoms with E-state index in [9.17, 15) is 4.79 Å². The number of amides is 1. The maximum absolute atomic E-state index is 13.1. The van der Waals surface area contributed by atoms with E-state index < -0.39 is 0 Å². The number of likely N-dealkylation sites (tertiary alicyclic amines) is 1. The largest absolute Gasteiger partial charge is 0.496 e. The number of fused-ring (bicyclic) bond motifs is 2. The first-order chi connectivity index (χ1) is 11.8. The summed E-state index contributed by atoms with van der Waals surface area (Å²) in [7, 11) is 1.65. The molecule has 24 heavy (non-hydrogen) atoms. The fourth-order valence-corrected chi connectivity index (χ4v) is 4.51. The molecule has 0 N–H and O–H groups in total. The lowest BCUT2D eigenvalue weighted by atomic mass is 9.75. The zero-order valence-electron chi connectivity index (χ0n) is 14.3. The Hall–Kier alpha value is -2.03. The molecule has 2 aromatic carbocycles. The average molecular weight is 323 g/mol. The van der Waals surface area contributed by atoms with E-state index in [1.165, 1.54) is 25.7 Å². The highest BCUT2D eigenvalue weighted by Gasteiger charge is 2.33. The topological polar surface area (TPSA) is 29.5 Å². The molecule has 2 fully saturated rings. The van der Waals surface area contributed by atoms with Crippen molar-refractivity contribution in [3.05, 3.63) is 42.0 Å². The van der Waals surface area contributed by atoms with Gasteiger partial charge in [0.2, 0.25) is 0 Å². The van der Waals surface area contributed by atoms with E-state index in [4.69, 9.17) is 4.74 Å². The van der Waals surface area contributed by atoms with Crippen molar-refractivity contribution in [1.29, 1.82) is 0 Å². The summed E-state index contributed by atoms with van der Waals surface area (Å²) in [4.78, 5) is 15.2. The molecule has 0 aromatic heterocycles. The molecule has 2 aromatic rings.